The number of hydrogen-bond acceptors (Lipinski definition) is 4. The van der Waals surface area contributed by atoms with Gasteiger partial charge in [0.2, 0.25) is 0 Å². The maximum Gasteiger partial charge on any atom is 0.262 e. The predicted octanol–water partition coefficient (Wildman–Crippen LogP) is 5.40. The largest absolute Gasteiger partial charge is 0.493 e. The van der Waals surface area contributed by atoms with Crippen molar-refractivity contribution in [2.24, 2.45) is 0 Å². The summed E-state index contributed by atoms with van der Waals surface area (Å²) in [6.45, 7) is 4.13. The van der Waals surface area contributed by atoms with Gasteiger partial charge in [0.1, 0.15) is 18.2 Å². The van der Waals surface area contributed by atoms with Crippen LogP contribution in [0, 0.1) is 11.3 Å². The number of nitrogens with zero attached hydrogens (tertiary/aromatic N) is 1. The first-order valence-electron chi connectivity index (χ1n) is 9.05. The van der Waals surface area contributed by atoms with Crippen molar-refractivity contribution >= 4 is 35.2 Å². The van der Waals surface area contributed by atoms with Gasteiger partial charge in [0.05, 0.1) is 17.2 Å². The second-order valence-electron chi connectivity index (χ2n) is 6.40. The summed E-state index contributed by atoms with van der Waals surface area (Å²) in [5.74, 6) is 0.609. The molecule has 0 heterocycles. The van der Waals surface area contributed by atoms with E-state index in [1.165, 1.54) is 13.2 Å². The Balaban J connectivity index is 2.17. The Morgan fingerprint density at radius 2 is 1.97 bits per heavy atom. The van der Waals surface area contributed by atoms with E-state index in [4.69, 9.17) is 32.7 Å². The van der Waals surface area contributed by atoms with Crippen LogP contribution < -0.4 is 14.8 Å². The molecule has 0 bridgehead atoms. The van der Waals surface area contributed by atoms with Crippen LogP contribution in [0.4, 0.5) is 0 Å². The average molecular weight is 433 g/mol. The normalized spacial score (nSPS) is 12.1. The van der Waals surface area contributed by atoms with Crippen LogP contribution in [0.15, 0.2) is 42.0 Å². The van der Waals surface area contributed by atoms with Crippen molar-refractivity contribution in [3.05, 3.63) is 63.1 Å². The molecule has 29 heavy (non-hydrogen) atoms. The highest BCUT2D eigenvalue weighted by atomic mass is 35.5. The summed E-state index contributed by atoms with van der Waals surface area (Å²) < 4.78 is 11.2. The van der Waals surface area contributed by atoms with Crippen molar-refractivity contribution < 1.29 is 14.3 Å². The van der Waals surface area contributed by atoms with Crippen LogP contribution in [0.25, 0.3) is 6.08 Å². The highest BCUT2D eigenvalue weighted by molar-refractivity contribution is 6.42. The molecule has 1 atom stereocenters. The Hall–Kier alpha value is -2.68. The maximum atomic E-state index is 12.2. The molecular formula is C22H22Cl2N2O3. The first kappa shape index (κ1) is 22.6. The van der Waals surface area contributed by atoms with Gasteiger partial charge in [-0.15, -0.1) is 0 Å². The van der Waals surface area contributed by atoms with Crippen LogP contribution >= 0.6 is 23.2 Å². The van der Waals surface area contributed by atoms with Gasteiger partial charge in [0, 0.05) is 6.04 Å². The summed E-state index contributed by atoms with van der Waals surface area (Å²) in [6, 6.07) is 12.4. The van der Waals surface area contributed by atoms with Crippen molar-refractivity contribution in [2.75, 3.05) is 7.11 Å². The van der Waals surface area contributed by atoms with Crippen LogP contribution in [-0.4, -0.2) is 19.1 Å². The van der Waals surface area contributed by atoms with Crippen molar-refractivity contribution in [1.29, 1.82) is 5.26 Å². The first-order chi connectivity index (χ1) is 13.9. The number of ether oxygens (including phenoxy) is 2. The molecule has 0 aliphatic heterocycles. The third kappa shape index (κ3) is 6.42. The third-order valence-corrected chi connectivity index (χ3v) is 4.97. The lowest BCUT2D eigenvalue weighted by Gasteiger charge is -2.12. The Kier molecular flexibility index (Phi) is 8.38. The highest BCUT2D eigenvalue weighted by Crippen LogP contribution is 2.30. The molecule has 0 saturated carbocycles. The molecule has 0 fully saturated rings. The predicted molar refractivity (Wildman–Crippen MR) is 115 cm³/mol. The van der Waals surface area contributed by atoms with E-state index in [9.17, 15) is 10.1 Å². The van der Waals surface area contributed by atoms with E-state index in [1.807, 2.05) is 26.0 Å². The molecule has 1 amide bonds. The minimum absolute atomic E-state index is 0.00840. The Morgan fingerprint density at radius 1 is 1.21 bits per heavy atom. The molecule has 0 aliphatic carbocycles. The third-order valence-electron chi connectivity index (χ3n) is 4.23. The smallest absolute Gasteiger partial charge is 0.262 e. The first-order valence-corrected chi connectivity index (χ1v) is 9.81. The summed E-state index contributed by atoms with van der Waals surface area (Å²) in [5, 5.41) is 13.0. The molecule has 2 rings (SSSR count). The molecule has 0 aliphatic rings. The Bertz CT molecular complexity index is 952. The average Bonchev–Trinajstić information content (AvgIpc) is 2.72. The van der Waals surface area contributed by atoms with E-state index in [2.05, 4.69) is 5.32 Å². The molecule has 5 nitrogen and oxygen atoms in total. The lowest BCUT2D eigenvalue weighted by molar-refractivity contribution is -0.117. The van der Waals surface area contributed by atoms with E-state index in [-0.39, 0.29) is 18.2 Å². The van der Waals surface area contributed by atoms with E-state index in [1.54, 1.807) is 30.3 Å². The van der Waals surface area contributed by atoms with Crippen LogP contribution in [-0.2, 0) is 11.4 Å². The van der Waals surface area contributed by atoms with Crippen molar-refractivity contribution in [3.8, 4) is 17.6 Å². The van der Waals surface area contributed by atoms with Gasteiger partial charge in [-0.2, -0.15) is 5.26 Å². The van der Waals surface area contributed by atoms with Crippen molar-refractivity contribution in [1.82, 2.24) is 5.32 Å². The molecule has 0 aromatic heterocycles. The zero-order valence-electron chi connectivity index (χ0n) is 16.5. The van der Waals surface area contributed by atoms with E-state index >= 15 is 0 Å². The standard InChI is InChI=1S/C22H22Cl2N2O3/c1-4-14(2)26-22(27)17(12-25)9-15-6-8-20(21(11-15)28-3)29-13-16-5-7-18(23)19(24)10-16/h5-11,14H,4,13H2,1-3H3,(H,26,27)/b17-9+/t14-/m0/s1. The monoisotopic (exact) mass is 432 g/mol. The molecule has 0 saturated heterocycles. The van der Waals surface area contributed by atoms with Gasteiger partial charge in [-0.25, -0.2) is 0 Å². The summed E-state index contributed by atoms with van der Waals surface area (Å²) in [7, 11) is 1.52. The van der Waals surface area contributed by atoms with E-state index < -0.39 is 5.91 Å². The molecule has 0 radical (unpaired) electrons. The number of benzene rings is 2. The van der Waals surface area contributed by atoms with E-state index in [0.717, 1.165) is 12.0 Å². The molecule has 2 aromatic rings. The van der Waals surface area contributed by atoms with Crippen LogP contribution in [0.2, 0.25) is 10.0 Å². The van der Waals surface area contributed by atoms with Gasteiger partial charge in [-0.1, -0.05) is 42.3 Å². The Morgan fingerprint density at radius 3 is 2.59 bits per heavy atom. The fraction of sp³-hybridized carbons (Fsp3) is 0.273. The number of carbonyl (C=O) groups is 1. The fourth-order valence-corrected chi connectivity index (χ4v) is 2.72. The van der Waals surface area contributed by atoms with Crippen LogP contribution in [0.3, 0.4) is 0 Å². The molecule has 0 unspecified atom stereocenters. The molecule has 2 aromatic carbocycles. The zero-order valence-corrected chi connectivity index (χ0v) is 18.0. The SMILES string of the molecule is CC[C@H](C)NC(=O)/C(C#N)=C/c1ccc(OCc2ccc(Cl)c(Cl)c2)c(OC)c1. The summed E-state index contributed by atoms with van der Waals surface area (Å²) in [5.41, 5.74) is 1.54. The van der Waals surface area contributed by atoms with Crippen molar-refractivity contribution in [2.45, 2.75) is 32.9 Å². The summed E-state index contributed by atoms with van der Waals surface area (Å²) in [4.78, 5) is 12.2. The number of amides is 1. The fourth-order valence-electron chi connectivity index (χ4n) is 2.40. The summed E-state index contributed by atoms with van der Waals surface area (Å²) >= 11 is 12.0. The molecule has 1 N–H and O–H groups in total. The van der Waals surface area contributed by atoms with Crippen LogP contribution in [0.1, 0.15) is 31.4 Å². The van der Waals surface area contributed by atoms with Gasteiger partial charge in [0.25, 0.3) is 5.91 Å². The lowest BCUT2D eigenvalue weighted by atomic mass is 10.1. The molecule has 0 spiro atoms. The number of hydrogen-bond donors (Lipinski definition) is 1. The van der Waals surface area contributed by atoms with Gasteiger partial charge in [-0.3, -0.25) is 4.79 Å². The van der Waals surface area contributed by atoms with E-state index in [0.29, 0.717) is 27.1 Å². The number of nitrogens with one attached hydrogen (secondary N) is 1. The quantitative estimate of drug-likeness (QED) is 0.447. The number of halogens is 2. The second kappa shape index (κ2) is 10.8. The number of nitriles is 1. The topological polar surface area (TPSA) is 71.4 Å². The number of carbonyl (C=O) groups excluding carboxylic acids is 1. The number of rotatable bonds is 8. The number of methoxy groups -OCH3 is 1. The highest BCUT2D eigenvalue weighted by Gasteiger charge is 2.13. The van der Waals surface area contributed by atoms with Gasteiger partial charge < -0.3 is 14.8 Å². The van der Waals surface area contributed by atoms with Crippen LogP contribution in [0.5, 0.6) is 11.5 Å². The molecular weight excluding hydrogens is 411 g/mol. The van der Waals surface area contributed by atoms with Gasteiger partial charge in [-0.05, 0) is 54.8 Å². The van der Waals surface area contributed by atoms with Gasteiger partial charge >= 0.3 is 0 Å². The lowest BCUT2D eigenvalue weighted by Crippen LogP contribution is -2.32. The minimum atomic E-state index is -0.402. The molecule has 152 valence electrons. The zero-order chi connectivity index (χ0) is 21.4. The maximum absolute atomic E-state index is 12.2. The minimum Gasteiger partial charge on any atom is -0.493 e. The van der Waals surface area contributed by atoms with Crippen molar-refractivity contribution in [3.63, 3.8) is 0 Å². The summed E-state index contributed by atoms with van der Waals surface area (Å²) in [6.07, 6.45) is 2.30. The second-order valence-corrected chi connectivity index (χ2v) is 7.21. The molecule has 7 heteroatoms. The van der Waals surface area contributed by atoms with Gasteiger partial charge in [0.15, 0.2) is 11.5 Å². The Labute approximate surface area is 180 Å².